The summed E-state index contributed by atoms with van der Waals surface area (Å²) in [5.74, 6) is 0. The van der Waals surface area contributed by atoms with Crippen molar-refractivity contribution in [2.75, 3.05) is 0 Å². The van der Waals surface area contributed by atoms with Crippen LogP contribution >= 0.6 is 15.9 Å². The van der Waals surface area contributed by atoms with E-state index in [1.165, 1.54) is 6.07 Å². The van der Waals surface area contributed by atoms with Crippen LogP contribution in [0.5, 0.6) is 0 Å². The molecule has 0 saturated carbocycles. The molecule has 0 heterocycles. The summed E-state index contributed by atoms with van der Waals surface area (Å²) in [6.07, 6.45) is -4.30. The van der Waals surface area contributed by atoms with Crippen LogP contribution in [0.2, 0.25) is 0 Å². The molecule has 0 fully saturated rings. The molecule has 0 aliphatic heterocycles. The van der Waals surface area contributed by atoms with E-state index in [0.29, 0.717) is 16.6 Å². The maximum Gasteiger partial charge on any atom is 0.416 e. The minimum absolute atomic E-state index is 0.244. The van der Waals surface area contributed by atoms with Crippen LogP contribution in [0, 0.1) is 0 Å². The van der Waals surface area contributed by atoms with Gasteiger partial charge < -0.3 is 5.32 Å². The van der Waals surface area contributed by atoms with Crippen LogP contribution < -0.4 is 5.32 Å². The van der Waals surface area contributed by atoms with Crippen molar-refractivity contribution in [3.8, 4) is 0 Å². The van der Waals surface area contributed by atoms with Gasteiger partial charge >= 0.3 is 6.18 Å². The van der Waals surface area contributed by atoms with Crippen molar-refractivity contribution < 1.29 is 13.2 Å². The Labute approximate surface area is 101 Å². The van der Waals surface area contributed by atoms with Gasteiger partial charge in [0.25, 0.3) is 0 Å². The van der Waals surface area contributed by atoms with Gasteiger partial charge in [0.1, 0.15) is 0 Å². The van der Waals surface area contributed by atoms with Gasteiger partial charge in [-0.3, -0.25) is 0 Å². The summed E-state index contributed by atoms with van der Waals surface area (Å²) in [6, 6.07) is 4.18. The number of rotatable bonds is 3. The van der Waals surface area contributed by atoms with Gasteiger partial charge in [-0.2, -0.15) is 13.2 Å². The highest BCUT2D eigenvalue weighted by Crippen LogP contribution is 2.31. The molecule has 0 aliphatic carbocycles. The van der Waals surface area contributed by atoms with E-state index in [1.807, 2.05) is 13.8 Å². The fourth-order valence-electron chi connectivity index (χ4n) is 1.24. The molecule has 0 aliphatic rings. The second kappa shape index (κ2) is 5.19. The van der Waals surface area contributed by atoms with Gasteiger partial charge in [-0.15, -0.1) is 0 Å². The normalized spacial score (nSPS) is 12.2. The maximum absolute atomic E-state index is 12.5. The topological polar surface area (TPSA) is 12.0 Å². The molecule has 0 bridgehead atoms. The maximum atomic E-state index is 12.5. The molecule has 90 valence electrons. The van der Waals surface area contributed by atoms with Crippen molar-refractivity contribution in [1.29, 1.82) is 0 Å². The van der Waals surface area contributed by atoms with E-state index >= 15 is 0 Å². The first-order valence-corrected chi connectivity index (χ1v) is 5.68. The minimum Gasteiger partial charge on any atom is -0.310 e. The lowest BCUT2D eigenvalue weighted by molar-refractivity contribution is -0.137. The van der Waals surface area contributed by atoms with E-state index in [0.717, 1.165) is 6.07 Å². The number of hydrogen-bond acceptors (Lipinski definition) is 1. The average Bonchev–Trinajstić information content (AvgIpc) is 2.12. The molecule has 16 heavy (non-hydrogen) atoms. The second-order valence-electron chi connectivity index (χ2n) is 3.88. The lowest BCUT2D eigenvalue weighted by atomic mass is 10.1. The third-order valence-corrected chi connectivity index (χ3v) is 2.46. The van der Waals surface area contributed by atoms with Gasteiger partial charge in [0, 0.05) is 17.1 Å². The Kier molecular flexibility index (Phi) is 4.38. The molecule has 0 radical (unpaired) electrons. The molecule has 0 spiro atoms. The largest absolute Gasteiger partial charge is 0.416 e. The van der Waals surface area contributed by atoms with Gasteiger partial charge in [-0.1, -0.05) is 29.8 Å². The summed E-state index contributed by atoms with van der Waals surface area (Å²) in [5, 5.41) is 3.08. The zero-order valence-corrected chi connectivity index (χ0v) is 10.6. The number of nitrogens with one attached hydrogen (secondary N) is 1. The zero-order valence-electron chi connectivity index (χ0n) is 9.03. The van der Waals surface area contributed by atoms with E-state index in [2.05, 4.69) is 21.2 Å². The van der Waals surface area contributed by atoms with Crippen LogP contribution in [0.4, 0.5) is 13.2 Å². The number of alkyl halides is 3. The van der Waals surface area contributed by atoms with Crippen molar-refractivity contribution in [2.24, 2.45) is 0 Å². The molecule has 0 unspecified atom stereocenters. The number of halogens is 4. The zero-order chi connectivity index (χ0) is 12.3. The van der Waals surface area contributed by atoms with Gasteiger partial charge in [0.2, 0.25) is 0 Å². The van der Waals surface area contributed by atoms with Gasteiger partial charge in [0.05, 0.1) is 5.56 Å². The standard InChI is InChI=1S/C11H13BrF3N/c1-7(2)16-6-8-3-9(11(13,14)15)5-10(12)4-8/h3-5,7,16H,6H2,1-2H3. The Morgan fingerprint density at radius 1 is 1.25 bits per heavy atom. The van der Waals surface area contributed by atoms with Crippen LogP contribution in [0.1, 0.15) is 25.0 Å². The van der Waals surface area contributed by atoms with E-state index in [1.54, 1.807) is 6.07 Å². The average molecular weight is 296 g/mol. The monoisotopic (exact) mass is 295 g/mol. The van der Waals surface area contributed by atoms with Crippen molar-refractivity contribution in [3.63, 3.8) is 0 Å². The smallest absolute Gasteiger partial charge is 0.310 e. The first-order valence-electron chi connectivity index (χ1n) is 4.89. The minimum atomic E-state index is -4.30. The highest BCUT2D eigenvalue weighted by Gasteiger charge is 2.30. The van der Waals surface area contributed by atoms with Gasteiger partial charge in [-0.05, 0) is 23.8 Å². The fraction of sp³-hybridized carbons (Fsp3) is 0.455. The molecule has 1 nitrogen and oxygen atoms in total. The highest BCUT2D eigenvalue weighted by atomic mass is 79.9. The van der Waals surface area contributed by atoms with E-state index < -0.39 is 11.7 Å². The molecule has 1 rings (SSSR count). The van der Waals surface area contributed by atoms with Crippen LogP contribution in [0.3, 0.4) is 0 Å². The molecule has 1 N–H and O–H groups in total. The predicted octanol–water partition coefficient (Wildman–Crippen LogP) is 3.97. The lowest BCUT2D eigenvalue weighted by Gasteiger charge is -2.12. The first kappa shape index (κ1) is 13.5. The Bertz CT molecular complexity index is 361. The summed E-state index contributed by atoms with van der Waals surface area (Å²) in [4.78, 5) is 0. The van der Waals surface area contributed by atoms with E-state index in [9.17, 15) is 13.2 Å². The first-order chi connectivity index (χ1) is 7.29. The van der Waals surface area contributed by atoms with Crippen molar-refractivity contribution >= 4 is 15.9 Å². The molecule has 0 saturated heterocycles. The SMILES string of the molecule is CC(C)NCc1cc(Br)cc(C(F)(F)F)c1. The van der Waals surface area contributed by atoms with Crippen LogP contribution in [0.15, 0.2) is 22.7 Å². The molecule has 0 atom stereocenters. The predicted molar refractivity (Wildman–Crippen MR) is 61.1 cm³/mol. The summed E-state index contributed by atoms with van der Waals surface area (Å²) >= 11 is 3.08. The van der Waals surface area contributed by atoms with Crippen molar-refractivity contribution in [2.45, 2.75) is 32.6 Å². The van der Waals surface area contributed by atoms with Gasteiger partial charge in [-0.25, -0.2) is 0 Å². The number of hydrogen-bond donors (Lipinski definition) is 1. The van der Waals surface area contributed by atoms with E-state index in [-0.39, 0.29) is 6.04 Å². The Morgan fingerprint density at radius 3 is 2.38 bits per heavy atom. The molecular formula is C11H13BrF3N. The third-order valence-electron chi connectivity index (χ3n) is 2.00. The Hall–Kier alpha value is -0.550. The number of benzene rings is 1. The molecule has 5 heteroatoms. The summed E-state index contributed by atoms with van der Waals surface area (Å²) in [5.41, 5.74) is -0.00201. The molecule has 0 amide bonds. The Morgan fingerprint density at radius 2 is 1.88 bits per heavy atom. The van der Waals surface area contributed by atoms with Crippen molar-refractivity contribution in [3.05, 3.63) is 33.8 Å². The fourth-order valence-corrected chi connectivity index (χ4v) is 1.78. The molecule has 0 aromatic heterocycles. The third kappa shape index (κ3) is 4.14. The summed E-state index contributed by atoms with van der Waals surface area (Å²) in [6.45, 7) is 4.32. The summed E-state index contributed by atoms with van der Waals surface area (Å²) < 4.78 is 38.0. The van der Waals surface area contributed by atoms with Crippen molar-refractivity contribution in [1.82, 2.24) is 5.32 Å². The summed E-state index contributed by atoms with van der Waals surface area (Å²) in [7, 11) is 0. The molecular weight excluding hydrogens is 283 g/mol. The van der Waals surface area contributed by atoms with E-state index in [4.69, 9.17) is 0 Å². The van der Waals surface area contributed by atoms with Gasteiger partial charge in [0.15, 0.2) is 0 Å². The highest BCUT2D eigenvalue weighted by molar-refractivity contribution is 9.10. The second-order valence-corrected chi connectivity index (χ2v) is 4.80. The molecule has 1 aromatic rings. The quantitative estimate of drug-likeness (QED) is 0.890. The van der Waals surface area contributed by atoms with Crippen LogP contribution in [0.25, 0.3) is 0 Å². The van der Waals surface area contributed by atoms with Crippen LogP contribution in [-0.4, -0.2) is 6.04 Å². The molecule has 1 aromatic carbocycles. The van der Waals surface area contributed by atoms with Crippen LogP contribution in [-0.2, 0) is 12.7 Å². The Balaban J connectivity index is 2.90. The lowest BCUT2D eigenvalue weighted by Crippen LogP contribution is -2.22.